The van der Waals surface area contributed by atoms with Gasteiger partial charge in [0, 0.05) is 50.9 Å². The third-order valence-corrected chi connectivity index (χ3v) is 7.90. The number of hydrogen-bond acceptors (Lipinski definition) is 5. The number of nitrogens with zero attached hydrogens (tertiary/aromatic N) is 3. The molecule has 0 radical (unpaired) electrons. The van der Waals surface area contributed by atoms with Gasteiger partial charge in [0.15, 0.2) is 0 Å². The van der Waals surface area contributed by atoms with Gasteiger partial charge in [0.2, 0.25) is 10.0 Å². The minimum atomic E-state index is -3.55. The fraction of sp³-hybridized carbons (Fsp3) is 0.435. The van der Waals surface area contributed by atoms with Crippen molar-refractivity contribution >= 4 is 15.9 Å². The molecule has 1 unspecified atom stereocenters. The summed E-state index contributed by atoms with van der Waals surface area (Å²) in [5.41, 5.74) is 1.79. The van der Waals surface area contributed by atoms with E-state index in [1.807, 2.05) is 23.1 Å². The Balaban J connectivity index is 1.38. The Morgan fingerprint density at radius 2 is 1.65 bits per heavy atom. The highest BCUT2D eigenvalue weighted by Crippen LogP contribution is 2.20. The Morgan fingerprint density at radius 1 is 0.968 bits per heavy atom. The van der Waals surface area contributed by atoms with Crippen LogP contribution < -0.4 is 0 Å². The first-order chi connectivity index (χ1) is 14.9. The van der Waals surface area contributed by atoms with Gasteiger partial charge in [-0.1, -0.05) is 30.3 Å². The van der Waals surface area contributed by atoms with E-state index in [1.165, 1.54) is 22.0 Å². The second kappa shape index (κ2) is 9.48. The van der Waals surface area contributed by atoms with E-state index in [2.05, 4.69) is 24.0 Å². The van der Waals surface area contributed by atoms with Crippen LogP contribution in [-0.4, -0.2) is 80.4 Å². The number of hydrogen-bond donors (Lipinski definition) is 0. The van der Waals surface area contributed by atoms with Crippen LogP contribution in [0.1, 0.15) is 22.8 Å². The van der Waals surface area contributed by atoms with Gasteiger partial charge in [-0.15, -0.1) is 0 Å². The van der Waals surface area contributed by atoms with Crippen LogP contribution in [0.25, 0.3) is 0 Å². The van der Waals surface area contributed by atoms with Gasteiger partial charge in [-0.2, -0.15) is 4.31 Å². The van der Waals surface area contributed by atoms with E-state index in [0.29, 0.717) is 45.0 Å². The molecule has 31 heavy (non-hydrogen) atoms. The van der Waals surface area contributed by atoms with E-state index in [1.54, 1.807) is 12.1 Å². The van der Waals surface area contributed by atoms with Gasteiger partial charge in [-0.25, -0.2) is 8.42 Å². The molecular formula is C23H29N3O4S. The van der Waals surface area contributed by atoms with Crippen LogP contribution in [0.2, 0.25) is 0 Å². The molecule has 0 spiro atoms. The summed E-state index contributed by atoms with van der Waals surface area (Å²) in [4.78, 5) is 17.5. The van der Waals surface area contributed by atoms with Crippen molar-refractivity contribution in [1.29, 1.82) is 0 Å². The second-order valence-electron chi connectivity index (χ2n) is 8.10. The summed E-state index contributed by atoms with van der Waals surface area (Å²) < 4.78 is 32.2. The largest absolute Gasteiger partial charge is 0.379 e. The molecule has 2 aliphatic rings. The highest BCUT2D eigenvalue weighted by molar-refractivity contribution is 7.89. The molecule has 1 amide bonds. The van der Waals surface area contributed by atoms with Crippen molar-refractivity contribution in [1.82, 2.24) is 14.1 Å². The number of rotatable bonds is 5. The molecule has 2 fully saturated rings. The second-order valence-corrected chi connectivity index (χ2v) is 10.0. The maximum absolute atomic E-state index is 13.0. The van der Waals surface area contributed by atoms with Crippen molar-refractivity contribution in [2.75, 3.05) is 45.9 Å². The van der Waals surface area contributed by atoms with Crippen LogP contribution in [0, 0.1) is 0 Å². The van der Waals surface area contributed by atoms with Gasteiger partial charge in [-0.05, 0) is 36.8 Å². The normalized spacial score (nSPS) is 21.2. The summed E-state index contributed by atoms with van der Waals surface area (Å²) in [6.07, 6.45) is 0. The molecule has 4 rings (SSSR count). The number of piperazine rings is 1. The third-order valence-electron chi connectivity index (χ3n) is 5.99. The molecule has 166 valence electrons. The molecule has 1 atom stereocenters. The average molecular weight is 444 g/mol. The summed E-state index contributed by atoms with van der Waals surface area (Å²) in [5.74, 6) is -0.0541. The Bertz CT molecular complexity index is 989. The van der Waals surface area contributed by atoms with Crippen LogP contribution in [-0.2, 0) is 21.3 Å². The highest BCUT2D eigenvalue weighted by atomic mass is 32.2. The molecule has 2 aromatic carbocycles. The molecule has 2 saturated heterocycles. The monoisotopic (exact) mass is 443 g/mol. The zero-order valence-corrected chi connectivity index (χ0v) is 18.6. The van der Waals surface area contributed by atoms with Gasteiger partial charge in [-0.3, -0.25) is 9.69 Å². The number of carbonyl (C=O) groups excluding carboxylic acids is 1. The lowest BCUT2D eigenvalue weighted by molar-refractivity contribution is 0.0495. The van der Waals surface area contributed by atoms with E-state index >= 15 is 0 Å². The first-order valence-electron chi connectivity index (χ1n) is 10.7. The Hall–Kier alpha value is -2.26. The molecule has 0 saturated carbocycles. The van der Waals surface area contributed by atoms with Gasteiger partial charge in [0.05, 0.1) is 18.1 Å². The van der Waals surface area contributed by atoms with Crippen molar-refractivity contribution < 1.29 is 17.9 Å². The lowest BCUT2D eigenvalue weighted by atomic mass is 10.1. The SMILES string of the molecule is CC1CN(C(=O)c2ccc(S(=O)(=O)N3CCOCC3)cc2)CCN1Cc1ccccc1. The lowest BCUT2D eigenvalue weighted by Crippen LogP contribution is -2.53. The van der Waals surface area contributed by atoms with Crippen molar-refractivity contribution in [2.24, 2.45) is 0 Å². The fourth-order valence-electron chi connectivity index (χ4n) is 4.12. The number of carbonyl (C=O) groups is 1. The summed E-state index contributed by atoms with van der Waals surface area (Å²) in [5, 5.41) is 0. The molecule has 7 nitrogen and oxygen atoms in total. The van der Waals surface area contributed by atoms with E-state index < -0.39 is 10.0 Å². The summed E-state index contributed by atoms with van der Waals surface area (Å²) >= 11 is 0. The highest BCUT2D eigenvalue weighted by Gasteiger charge is 2.29. The smallest absolute Gasteiger partial charge is 0.253 e. The predicted octanol–water partition coefficient (Wildman–Crippen LogP) is 2.05. The molecule has 0 bridgehead atoms. The molecular weight excluding hydrogens is 414 g/mol. The Morgan fingerprint density at radius 3 is 2.29 bits per heavy atom. The standard InChI is InChI=1S/C23H29N3O4S/c1-19-17-25(12-11-24(19)18-20-5-3-2-4-6-20)23(27)21-7-9-22(10-8-21)31(28,29)26-13-15-30-16-14-26/h2-10,19H,11-18H2,1H3. The first kappa shape index (κ1) is 22.0. The predicted molar refractivity (Wildman–Crippen MR) is 118 cm³/mol. The number of amides is 1. The Labute approximate surface area is 184 Å². The van der Waals surface area contributed by atoms with Crippen LogP contribution in [0.4, 0.5) is 0 Å². The maximum atomic E-state index is 13.0. The van der Waals surface area contributed by atoms with Crippen LogP contribution in [0.3, 0.4) is 0 Å². The minimum absolute atomic E-state index is 0.0541. The summed E-state index contributed by atoms with van der Waals surface area (Å²) in [6, 6.07) is 16.9. The molecule has 0 aromatic heterocycles. The van der Waals surface area contributed by atoms with Crippen molar-refractivity contribution in [3.05, 3.63) is 65.7 Å². The lowest BCUT2D eigenvalue weighted by Gasteiger charge is -2.40. The fourth-order valence-corrected chi connectivity index (χ4v) is 5.53. The van der Waals surface area contributed by atoms with Crippen molar-refractivity contribution in [3.8, 4) is 0 Å². The summed E-state index contributed by atoms with van der Waals surface area (Å²) in [7, 11) is -3.55. The molecule has 2 aliphatic heterocycles. The summed E-state index contributed by atoms with van der Waals surface area (Å²) in [6.45, 7) is 6.66. The number of sulfonamides is 1. The number of ether oxygens (including phenoxy) is 1. The molecule has 2 heterocycles. The molecule has 0 N–H and O–H groups in total. The zero-order valence-electron chi connectivity index (χ0n) is 17.8. The molecule has 8 heteroatoms. The number of morpholine rings is 1. The van der Waals surface area contributed by atoms with E-state index in [9.17, 15) is 13.2 Å². The zero-order chi connectivity index (χ0) is 21.8. The van der Waals surface area contributed by atoms with Gasteiger partial charge < -0.3 is 9.64 Å². The van der Waals surface area contributed by atoms with Crippen LogP contribution in [0.5, 0.6) is 0 Å². The molecule has 2 aromatic rings. The van der Waals surface area contributed by atoms with Gasteiger partial charge in [0.25, 0.3) is 5.91 Å². The van der Waals surface area contributed by atoms with E-state index in [4.69, 9.17) is 4.74 Å². The van der Waals surface area contributed by atoms with Crippen molar-refractivity contribution in [3.63, 3.8) is 0 Å². The quantitative estimate of drug-likeness (QED) is 0.708. The van der Waals surface area contributed by atoms with Crippen LogP contribution >= 0.6 is 0 Å². The minimum Gasteiger partial charge on any atom is -0.379 e. The maximum Gasteiger partial charge on any atom is 0.253 e. The van der Waals surface area contributed by atoms with Crippen LogP contribution in [0.15, 0.2) is 59.5 Å². The van der Waals surface area contributed by atoms with E-state index in [-0.39, 0.29) is 16.8 Å². The average Bonchev–Trinajstić information content (AvgIpc) is 2.81. The number of benzene rings is 2. The van der Waals surface area contributed by atoms with Gasteiger partial charge in [0.1, 0.15) is 0 Å². The van der Waals surface area contributed by atoms with Gasteiger partial charge >= 0.3 is 0 Å². The Kier molecular flexibility index (Phi) is 6.71. The first-order valence-corrected chi connectivity index (χ1v) is 12.1. The van der Waals surface area contributed by atoms with E-state index in [0.717, 1.165) is 13.1 Å². The van der Waals surface area contributed by atoms with Crippen molar-refractivity contribution in [2.45, 2.75) is 24.4 Å². The topological polar surface area (TPSA) is 70.2 Å². The third kappa shape index (κ3) is 4.98. The molecule has 0 aliphatic carbocycles.